The van der Waals surface area contributed by atoms with Gasteiger partial charge in [0.2, 0.25) is 5.91 Å². The summed E-state index contributed by atoms with van der Waals surface area (Å²) in [5.41, 5.74) is 13.5. The number of carbonyl (C=O) groups is 3. The number of Topliss-reactive ketones (excluding diaryl/α,β-unsaturated/α-hetero) is 1. The van der Waals surface area contributed by atoms with Gasteiger partial charge in [-0.3, -0.25) is 19.4 Å². The van der Waals surface area contributed by atoms with Gasteiger partial charge in [0.05, 0.1) is 27.2 Å². The molecule has 1 saturated heterocycles. The molecular weight excluding hydrogens is 611 g/mol. The Morgan fingerprint density at radius 2 is 1.89 bits per heavy atom. The van der Waals surface area contributed by atoms with Crippen LogP contribution in [-0.2, 0) is 22.6 Å². The minimum absolute atomic E-state index is 0.0356. The number of fused-ring (bicyclic) bond motifs is 9. The normalized spacial score (nSPS) is 20.7. The first-order valence-electron chi connectivity index (χ1n) is 16.3. The monoisotopic (exact) mass is 647 g/mol. The van der Waals surface area contributed by atoms with Crippen molar-refractivity contribution in [3.63, 3.8) is 0 Å². The van der Waals surface area contributed by atoms with Crippen molar-refractivity contribution < 1.29 is 14.4 Å². The first-order chi connectivity index (χ1) is 22.9. The standard InChI is InChI=1S/C36H37N7O3S/c1-2-3-15-28-41-32-33(24-13-7-8-14-25(24)40-35(32)37)42(28)19-10-9-18-38-43-29(44)20-27(36(43)46)47-21-26-34(45)30-22-11-5-4-6-12-23(17-16-22)31(30)39-26/h4-8,11-14,16-17,26-27,38H,2-3,9-10,15,18-21H2,1H3,(H2,37,40)/b6-4-,11-5-,23-12+. The molecule has 2 amide bonds. The molecule has 11 heteroatoms. The highest BCUT2D eigenvalue weighted by atomic mass is 32.2. The number of anilines is 1. The second-order valence-corrected chi connectivity index (χ2v) is 13.3. The van der Waals surface area contributed by atoms with Crippen LogP contribution in [0.4, 0.5) is 5.82 Å². The number of benzene rings is 2. The first-order valence-corrected chi connectivity index (χ1v) is 17.3. The minimum atomic E-state index is -0.574. The molecule has 4 aromatic rings. The summed E-state index contributed by atoms with van der Waals surface area (Å²) in [6, 6.07) is 11.3. The molecule has 7 rings (SSSR count). The number of ketones is 1. The van der Waals surface area contributed by atoms with Crippen LogP contribution < -0.4 is 21.7 Å². The van der Waals surface area contributed by atoms with Crippen LogP contribution in [0.1, 0.15) is 60.8 Å². The topological polar surface area (TPSA) is 136 Å². The molecule has 2 aliphatic heterocycles. The van der Waals surface area contributed by atoms with Crippen molar-refractivity contribution in [2.24, 2.45) is 4.99 Å². The van der Waals surface area contributed by atoms with Crippen LogP contribution in [0, 0.1) is 0 Å². The zero-order valence-electron chi connectivity index (χ0n) is 26.3. The van der Waals surface area contributed by atoms with Crippen molar-refractivity contribution in [2.75, 3.05) is 18.0 Å². The summed E-state index contributed by atoms with van der Waals surface area (Å²) >= 11 is 1.34. The van der Waals surface area contributed by atoms with Crippen molar-refractivity contribution >= 4 is 69.3 Å². The van der Waals surface area contributed by atoms with Gasteiger partial charge in [-0.05, 0) is 30.9 Å². The third kappa shape index (κ3) is 5.89. The fourth-order valence-corrected chi connectivity index (χ4v) is 7.68. The van der Waals surface area contributed by atoms with Crippen LogP contribution in [0.2, 0.25) is 0 Å². The number of aromatic nitrogens is 3. The largest absolute Gasteiger partial charge is 0.382 e. The van der Waals surface area contributed by atoms with Gasteiger partial charge in [0.25, 0.3) is 5.91 Å². The molecule has 4 heterocycles. The Kier molecular flexibility index (Phi) is 8.74. The number of allylic oxidation sites excluding steroid dienone is 3. The van der Waals surface area contributed by atoms with Gasteiger partial charge in [0, 0.05) is 42.3 Å². The number of hydrazine groups is 1. The van der Waals surface area contributed by atoms with Gasteiger partial charge in [0.15, 0.2) is 11.6 Å². The van der Waals surface area contributed by atoms with Gasteiger partial charge in [0.1, 0.15) is 17.4 Å². The molecule has 2 unspecified atom stereocenters. The summed E-state index contributed by atoms with van der Waals surface area (Å²) in [4.78, 5) is 53.6. The summed E-state index contributed by atoms with van der Waals surface area (Å²) in [5, 5.41) is 3.26. The summed E-state index contributed by atoms with van der Waals surface area (Å²) in [6.07, 6.45) is 14.3. The number of aryl methyl sites for hydroxylation is 2. The number of rotatable bonds is 12. The van der Waals surface area contributed by atoms with Crippen molar-refractivity contribution in [1.29, 1.82) is 0 Å². The van der Waals surface area contributed by atoms with E-state index < -0.39 is 11.3 Å². The Morgan fingerprint density at radius 3 is 2.77 bits per heavy atom. The number of pyridine rings is 1. The Hall–Kier alpha value is -4.61. The van der Waals surface area contributed by atoms with E-state index in [0.717, 1.165) is 82.2 Å². The van der Waals surface area contributed by atoms with Crippen molar-refractivity contribution in [1.82, 2.24) is 25.0 Å². The third-order valence-electron chi connectivity index (χ3n) is 8.93. The second kappa shape index (κ2) is 13.2. The maximum atomic E-state index is 13.3. The number of amides is 2. The van der Waals surface area contributed by atoms with Crippen LogP contribution in [0.3, 0.4) is 0 Å². The number of hydrogen-bond donors (Lipinski definition) is 2. The maximum Gasteiger partial charge on any atom is 0.257 e. The molecule has 2 aromatic carbocycles. The van der Waals surface area contributed by atoms with Gasteiger partial charge < -0.3 is 10.3 Å². The number of unbranched alkanes of at least 4 members (excludes halogenated alkanes) is 2. The van der Waals surface area contributed by atoms with Crippen molar-refractivity contribution in [3.05, 3.63) is 82.2 Å². The summed E-state index contributed by atoms with van der Waals surface area (Å²) in [7, 11) is 0. The highest BCUT2D eigenvalue weighted by molar-refractivity contribution is 8.00. The van der Waals surface area contributed by atoms with Crippen LogP contribution >= 0.6 is 11.8 Å². The molecule has 0 spiro atoms. The Balaban J connectivity index is 0.963. The summed E-state index contributed by atoms with van der Waals surface area (Å²) < 4.78 is 2.26. The molecule has 2 bridgehead atoms. The van der Waals surface area contributed by atoms with Gasteiger partial charge >= 0.3 is 0 Å². The number of nitrogens with one attached hydrogen (secondary N) is 1. The molecule has 240 valence electrons. The molecule has 0 radical (unpaired) electrons. The summed E-state index contributed by atoms with van der Waals surface area (Å²) in [5.74, 6) is 1.23. The van der Waals surface area contributed by atoms with Crippen LogP contribution in [0.5, 0.6) is 0 Å². The lowest BCUT2D eigenvalue weighted by atomic mass is 10.0. The number of thioether (sulfide) groups is 1. The van der Waals surface area contributed by atoms with Crippen LogP contribution in [-0.4, -0.2) is 60.7 Å². The molecule has 0 saturated carbocycles. The van der Waals surface area contributed by atoms with E-state index in [1.165, 1.54) is 11.8 Å². The van der Waals surface area contributed by atoms with E-state index in [9.17, 15) is 14.4 Å². The van der Waals surface area contributed by atoms with Gasteiger partial charge in [-0.1, -0.05) is 74.1 Å². The molecular formula is C36H37N7O3S. The summed E-state index contributed by atoms with van der Waals surface area (Å²) in [6.45, 7) is 3.38. The molecule has 1 aliphatic carbocycles. The van der Waals surface area contributed by atoms with Crippen LogP contribution in [0.15, 0.2) is 59.6 Å². The number of para-hydroxylation sites is 1. The molecule has 10 nitrogen and oxygen atoms in total. The first kappa shape index (κ1) is 31.0. The number of nitrogens with zero attached hydrogens (tertiary/aromatic N) is 5. The minimum Gasteiger partial charge on any atom is -0.382 e. The zero-order chi connectivity index (χ0) is 32.5. The quantitative estimate of drug-likeness (QED) is 0.175. The SMILES string of the molecule is CCCCc1nc2c(N)nc3ccccc3c2n1CCCCNN1C(=O)CC(SCC2N=c3c(c4cc\c3=C/C=C\C=C/4)C2=O)C1=O. The predicted octanol–water partition coefficient (Wildman–Crippen LogP) is 3.90. The number of nitrogens with two attached hydrogens (primary N) is 1. The predicted molar refractivity (Wildman–Crippen MR) is 186 cm³/mol. The van der Waals surface area contributed by atoms with Crippen molar-refractivity contribution in [3.8, 4) is 0 Å². The fraction of sp³-hybridized carbons (Fsp3) is 0.333. The Morgan fingerprint density at radius 1 is 1.02 bits per heavy atom. The lowest BCUT2D eigenvalue weighted by Gasteiger charge is -2.17. The number of carbonyl (C=O) groups excluding carboxylic acids is 3. The van der Waals surface area contributed by atoms with Gasteiger partial charge in [-0.15, -0.1) is 11.8 Å². The number of imidazole rings is 1. The fourth-order valence-electron chi connectivity index (χ4n) is 6.54. The lowest BCUT2D eigenvalue weighted by molar-refractivity contribution is -0.142. The van der Waals surface area contributed by atoms with E-state index in [1.807, 2.05) is 60.7 Å². The smallest absolute Gasteiger partial charge is 0.257 e. The molecule has 47 heavy (non-hydrogen) atoms. The number of imide groups is 1. The molecule has 3 aliphatic rings. The van der Waals surface area contributed by atoms with Crippen LogP contribution in [0.25, 0.3) is 34.1 Å². The Labute approximate surface area is 276 Å². The maximum absolute atomic E-state index is 13.3. The zero-order valence-corrected chi connectivity index (χ0v) is 27.1. The second-order valence-electron chi connectivity index (χ2n) is 12.1. The lowest BCUT2D eigenvalue weighted by Crippen LogP contribution is -2.43. The highest BCUT2D eigenvalue weighted by Gasteiger charge is 2.40. The average molecular weight is 648 g/mol. The third-order valence-corrected chi connectivity index (χ3v) is 10.2. The number of hydrogen-bond acceptors (Lipinski definition) is 9. The van der Waals surface area contributed by atoms with E-state index in [-0.39, 0.29) is 24.0 Å². The molecule has 3 N–H and O–H groups in total. The molecule has 1 fully saturated rings. The van der Waals surface area contributed by atoms with Gasteiger partial charge in [-0.2, -0.15) is 0 Å². The molecule has 2 aromatic heterocycles. The van der Waals surface area contributed by atoms with E-state index in [2.05, 4.69) is 28.0 Å². The van der Waals surface area contributed by atoms with Crippen molar-refractivity contribution in [2.45, 2.75) is 63.3 Å². The van der Waals surface area contributed by atoms with E-state index in [0.29, 0.717) is 29.0 Å². The van der Waals surface area contributed by atoms with Gasteiger partial charge in [-0.25, -0.2) is 20.4 Å². The van der Waals surface area contributed by atoms with E-state index in [4.69, 9.17) is 15.7 Å². The average Bonchev–Trinajstić information content (AvgIpc) is 3.73. The highest BCUT2D eigenvalue weighted by Crippen LogP contribution is 2.30. The molecule has 2 atom stereocenters. The number of nitrogen functional groups attached to an aromatic ring is 1. The Bertz CT molecular complexity index is 2100. The van der Waals surface area contributed by atoms with E-state index in [1.54, 1.807) is 0 Å². The van der Waals surface area contributed by atoms with E-state index >= 15 is 0 Å².